The monoisotopic (exact) mass is 370 g/mol. The van der Waals surface area contributed by atoms with Crippen molar-refractivity contribution in [2.45, 2.75) is 13.1 Å². The van der Waals surface area contributed by atoms with Crippen LogP contribution in [0.4, 0.5) is 5.69 Å². The van der Waals surface area contributed by atoms with E-state index in [1.807, 2.05) is 18.2 Å². The maximum atomic E-state index is 12.2. The molecule has 1 amide bonds. The van der Waals surface area contributed by atoms with Gasteiger partial charge in [-0.05, 0) is 29.3 Å². The Kier molecular flexibility index (Phi) is 5.28. The van der Waals surface area contributed by atoms with Crippen LogP contribution in [0.25, 0.3) is 0 Å². The van der Waals surface area contributed by atoms with Gasteiger partial charge in [-0.3, -0.25) is 19.6 Å². The molecular formula is C18H15ClN4O3. The average molecular weight is 371 g/mol. The molecule has 7 nitrogen and oxygen atoms in total. The summed E-state index contributed by atoms with van der Waals surface area (Å²) in [5.74, 6) is -0.203. The minimum absolute atomic E-state index is 0.0550. The first kappa shape index (κ1) is 17.6. The molecule has 0 saturated carbocycles. The number of aromatic nitrogens is 2. The van der Waals surface area contributed by atoms with Gasteiger partial charge in [-0.2, -0.15) is 5.10 Å². The van der Waals surface area contributed by atoms with Crippen LogP contribution in [-0.4, -0.2) is 20.6 Å². The van der Waals surface area contributed by atoms with Crippen LogP contribution in [0, 0.1) is 10.1 Å². The number of nitro groups is 1. The molecule has 0 saturated heterocycles. The molecule has 1 aromatic heterocycles. The lowest BCUT2D eigenvalue weighted by Crippen LogP contribution is -2.22. The number of halogens is 1. The number of hydrogen-bond donors (Lipinski definition) is 1. The molecule has 0 aliphatic carbocycles. The van der Waals surface area contributed by atoms with E-state index in [1.165, 1.54) is 17.1 Å². The Morgan fingerprint density at radius 1 is 1.19 bits per heavy atom. The number of hydrogen-bond acceptors (Lipinski definition) is 4. The molecule has 1 N–H and O–H groups in total. The Hall–Kier alpha value is -3.19. The van der Waals surface area contributed by atoms with Gasteiger partial charge < -0.3 is 5.32 Å². The normalized spacial score (nSPS) is 10.5. The molecule has 132 valence electrons. The molecule has 0 fully saturated rings. The zero-order valence-electron chi connectivity index (χ0n) is 13.6. The topological polar surface area (TPSA) is 90.1 Å². The third-order valence-corrected chi connectivity index (χ3v) is 4.16. The summed E-state index contributed by atoms with van der Waals surface area (Å²) in [4.78, 5) is 22.4. The largest absolute Gasteiger partial charge is 0.348 e. The summed E-state index contributed by atoms with van der Waals surface area (Å²) in [6.07, 6.45) is 2.57. The zero-order chi connectivity index (χ0) is 18.5. The van der Waals surface area contributed by atoms with E-state index in [2.05, 4.69) is 10.4 Å². The van der Waals surface area contributed by atoms with Gasteiger partial charge in [0, 0.05) is 17.1 Å². The Morgan fingerprint density at radius 2 is 1.92 bits per heavy atom. The van der Waals surface area contributed by atoms with Crippen molar-refractivity contribution in [2.24, 2.45) is 0 Å². The number of rotatable bonds is 6. The van der Waals surface area contributed by atoms with Crippen LogP contribution in [-0.2, 0) is 13.1 Å². The molecule has 3 rings (SSSR count). The molecule has 0 unspecified atom stereocenters. The van der Waals surface area contributed by atoms with Gasteiger partial charge in [0.2, 0.25) is 0 Å². The molecule has 0 aliphatic rings. The van der Waals surface area contributed by atoms with Gasteiger partial charge >= 0.3 is 5.69 Å². The van der Waals surface area contributed by atoms with Crippen LogP contribution < -0.4 is 5.32 Å². The zero-order valence-corrected chi connectivity index (χ0v) is 14.4. The fourth-order valence-corrected chi connectivity index (χ4v) is 2.60. The molecule has 1 heterocycles. The van der Waals surface area contributed by atoms with Gasteiger partial charge in [-0.25, -0.2) is 0 Å². The predicted octanol–water partition coefficient (Wildman–Crippen LogP) is 3.42. The van der Waals surface area contributed by atoms with E-state index in [4.69, 9.17) is 11.6 Å². The van der Waals surface area contributed by atoms with Gasteiger partial charge in [0.15, 0.2) is 0 Å². The van der Waals surface area contributed by atoms with Crippen LogP contribution >= 0.6 is 11.6 Å². The number of carbonyl (C=O) groups excluding carboxylic acids is 1. The van der Waals surface area contributed by atoms with Gasteiger partial charge in [-0.1, -0.05) is 41.9 Å². The smallest absolute Gasteiger partial charge is 0.307 e. The van der Waals surface area contributed by atoms with Crippen LogP contribution in [0.5, 0.6) is 0 Å². The molecule has 2 aromatic carbocycles. The molecule has 8 heteroatoms. The summed E-state index contributed by atoms with van der Waals surface area (Å²) in [7, 11) is 0. The fourth-order valence-electron chi connectivity index (χ4n) is 2.40. The second kappa shape index (κ2) is 7.79. The van der Waals surface area contributed by atoms with Crippen LogP contribution in [0.2, 0.25) is 5.02 Å². The van der Waals surface area contributed by atoms with Gasteiger partial charge in [-0.15, -0.1) is 0 Å². The first-order valence-electron chi connectivity index (χ1n) is 7.80. The van der Waals surface area contributed by atoms with Crippen molar-refractivity contribution in [2.75, 3.05) is 0 Å². The molecular weight excluding hydrogens is 356 g/mol. The lowest BCUT2D eigenvalue weighted by Gasteiger charge is -2.08. The van der Waals surface area contributed by atoms with Crippen molar-refractivity contribution >= 4 is 23.2 Å². The van der Waals surface area contributed by atoms with Crippen LogP contribution in [0.15, 0.2) is 60.9 Å². The molecule has 26 heavy (non-hydrogen) atoms. The van der Waals surface area contributed by atoms with E-state index >= 15 is 0 Å². The predicted molar refractivity (Wildman–Crippen MR) is 97.0 cm³/mol. The van der Waals surface area contributed by atoms with Gasteiger partial charge in [0.05, 0.1) is 11.5 Å². The summed E-state index contributed by atoms with van der Waals surface area (Å²) in [6.45, 7) is 0.729. The van der Waals surface area contributed by atoms with E-state index in [-0.39, 0.29) is 11.6 Å². The molecule has 0 spiro atoms. The summed E-state index contributed by atoms with van der Waals surface area (Å²) in [6, 6.07) is 14.3. The van der Waals surface area contributed by atoms with E-state index in [0.717, 1.165) is 11.1 Å². The Morgan fingerprint density at radius 3 is 2.58 bits per heavy atom. The maximum absolute atomic E-state index is 12.2. The Bertz CT molecular complexity index is 938. The van der Waals surface area contributed by atoms with Crippen molar-refractivity contribution in [3.8, 4) is 0 Å². The van der Waals surface area contributed by atoms with E-state index in [9.17, 15) is 14.9 Å². The van der Waals surface area contributed by atoms with Crippen molar-refractivity contribution in [3.05, 3.63) is 92.8 Å². The van der Waals surface area contributed by atoms with Crippen LogP contribution in [0.1, 0.15) is 21.5 Å². The summed E-state index contributed by atoms with van der Waals surface area (Å²) in [5, 5.41) is 18.0. The van der Waals surface area contributed by atoms with Crippen molar-refractivity contribution in [1.82, 2.24) is 15.1 Å². The number of carbonyl (C=O) groups is 1. The first-order chi connectivity index (χ1) is 12.5. The number of amides is 1. The van der Waals surface area contributed by atoms with E-state index in [0.29, 0.717) is 23.7 Å². The summed E-state index contributed by atoms with van der Waals surface area (Å²) < 4.78 is 1.48. The lowest BCUT2D eigenvalue weighted by molar-refractivity contribution is -0.385. The standard InChI is InChI=1S/C18H15ClN4O3/c19-17-4-2-1-3-15(17)9-20-18(24)14-7-5-13(6-8-14)11-22-12-16(10-21-22)23(25)26/h1-8,10,12H,9,11H2,(H,20,24). The fraction of sp³-hybridized carbons (Fsp3) is 0.111. The lowest BCUT2D eigenvalue weighted by atomic mass is 10.1. The molecule has 0 radical (unpaired) electrons. The maximum Gasteiger partial charge on any atom is 0.307 e. The van der Waals surface area contributed by atoms with Crippen molar-refractivity contribution < 1.29 is 9.72 Å². The SMILES string of the molecule is O=C(NCc1ccccc1Cl)c1ccc(Cn2cc([N+](=O)[O-])cn2)cc1. The second-order valence-corrected chi connectivity index (χ2v) is 6.03. The highest BCUT2D eigenvalue weighted by molar-refractivity contribution is 6.31. The molecule has 0 bridgehead atoms. The number of nitrogens with one attached hydrogen (secondary N) is 1. The number of benzene rings is 2. The van der Waals surface area contributed by atoms with Crippen molar-refractivity contribution in [1.29, 1.82) is 0 Å². The summed E-state index contributed by atoms with van der Waals surface area (Å²) in [5.41, 5.74) is 2.19. The second-order valence-electron chi connectivity index (χ2n) is 5.62. The Balaban J connectivity index is 1.60. The highest BCUT2D eigenvalue weighted by atomic mass is 35.5. The van der Waals surface area contributed by atoms with Gasteiger partial charge in [0.25, 0.3) is 5.91 Å². The van der Waals surface area contributed by atoms with E-state index < -0.39 is 4.92 Å². The highest BCUT2D eigenvalue weighted by Gasteiger charge is 2.10. The average Bonchev–Trinajstić information content (AvgIpc) is 3.10. The summed E-state index contributed by atoms with van der Waals surface area (Å²) >= 11 is 6.07. The molecule has 3 aromatic rings. The highest BCUT2D eigenvalue weighted by Crippen LogP contribution is 2.15. The third-order valence-electron chi connectivity index (χ3n) is 3.79. The van der Waals surface area contributed by atoms with Crippen molar-refractivity contribution in [3.63, 3.8) is 0 Å². The Labute approximate surface area is 154 Å². The molecule has 0 atom stereocenters. The van der Waals surface area contributed by atoms with Crippen LogP contribution in [0.3, 0.4) is 0 Å². The first-order valence-corrected chi connectivity index (χ1v) is 8.18. The quantitative estimate of drug-likeness (QED) is 0.531. The third kappa shape index (κ3) is 4.25. The van der Waals surface area contributed by atoms with Gasteiger partial charge in [0.1, 0.15) is 12.4 Å². The minimum atomic E-state index is -0.490. The van der Waals surface area contributed by atoms with E-state index in [1.54, 1.807) is 30.3 Å². The number of nitrogens with zero attached hydrogens (tertiary/aromatic N) is 3. The molecule has 0 aliphatic heterocycles. The minimum Gasteiger partial charge on any atom is -0.348 e.